The first-order valence-electron chi connectivity index (χ1n) is 7.01. The van der Waals surface area contributed by atoms with Crippen molar-refractivity contribution in [2.45, 2.75) is 39.1 Å². The van der Waals surface area contributed by atoms with E-state index in [9.17, 15) is 10.2 Å². The van der Waals surface area contributed by atoms with Crippen LogP contribution in [0.2, 0.25) is 0 Å². The van der Waals surface area contributed by atoms with E-state index in [2.05, 4.69) is 4.98 Å². The van der Waals surface area contributed by atoms with Gasteiger partial charge in [-0.2, -0.15) is 4.98 Å². The molecule has 0 saturated carbocycles. The summed E-state index contributed by atoms with van der Waals surface area (Å²) in [4.78, 5) is 4.25. The molecule has 0 bridgehead atoms. The second-order valence-electron chi connectivity index (χ2n) is 4.75. The summed E-state index contributed by atoms with van der Waals surface area (Å²) in [7, 11) is 0. The van der Waals surface area contributed by atoms with Gasteiger partial charge in [0.05, 0.1) is 30.8 Å². The van der Waals surface area contributed by atoms with Crippen molar-refractivity contribution < 1.29 is 14.9 Å². The average molecular weight is 291 g/mol. The van der Waals surface area contributed by atoms with Crippen LogP contribution in [0.5, 0.6) is 11.8 Å². The van der Waals surface area contributed by atoms with Gasteiger partial charge in [0, 0.05) is 0 Å². The Morgan fingerprint density at radius 1 is 1.24 bits per heavy atom. The van der Waals surface area contributed by atoms with E-state index in [-0.39, 0.29) is 25.4 Å². The molecule has 1 aromatic heterocycles. The van der Waals surface area contributed by atoms with E-state index < -0.39 is 0 Å². The van der Waals surface area contributed by atoms with Gasteiger partial charge in [0.15, 0.2) is 0 Å². The Balaban J connectivity index is 2.41. The zero-order valence-corrected chi connectivity index (χ0v) is 12.1. The Hall–Kier alpha value is -1.89. The number of para-hydroxylation sites is 1. The van der Waals surface area contributed by atoms with Crippen molar-refractivity contribution in [3.63, 3.8) is 0 Å². The topological polar surface area (TPSA) is 93.5 Å². The van der Waals surface area contributed by atoms with E-state index in [1.165, 1.54) is 0 Å². The molecular formula is C15H21N3O3. The Morgan fingerprint density at radius 3 is 2.52 bits per heavy atom. The molecule has 21 heavy (non-hydrogen) atoms. The number of aliphatic hydroxyl groups excluding tert-OH is 2. The highest BCUT2D eigenvalue weighted by Gasteiger charge is 2.21. The van der Waals surface area contributed by atoms with Gasteiger partial charge in [-0.25, -0.2) is 0 Å². The largest absolute Gasteiger partial charge is 0.425 e. The number of rotatable bonds is 7. The molecule has 0 fully saturated rings. The lowest BCUT2D eigenvalue weighted by Gasteiger charge is -2.18. The molecule has 2 rings (SSSR count). The quantitative estimate of drug-likeness (QED) is 0.724. The standard InChI is InChI=1S/C15H21N3O3/c1-2-6-14(16)18-13(10-20)12(9-19)17-15(18)21-11-7-4-3-5-8-11/h3-5,7-8,14,19-20H,2,6,9-10,16H2,1H3. The first kappa shape index (κ1) is 15.5. The zero-order valence-electron chi connectivity index (χ0n) is 12.1. The molecule has 0 saturated heterocycles. The van der Waals surface area contributed by atoms with Gasteiger partial charge < -0.3 is 20.7 Å². The van der Waals surface area contributed by atoms with E-state index in [0.29, 0.717) is 17.1 Å². The molecule has 1 heterocycles. The number of benzene rings is 1. The number of ether oxygens (including phenoxy) is 1. The molecule has 0 aliphatic heterocycles. The van der Waals surface area contributed by atoms with Crippen molar-refractivity contribution in [3.8, 4) is 11.8 Å². The van der Waals surface area contributed by atoms with Gasteiger partial charge in [-0.05, 0) is 18.6 Å². The Kier molecular flexibility index (Phi) is 5.32. The molecule has 1 aromatic carbocycles. The Morgan fingerprint density at radius 2 is 1.95 bits per heavy atom. The van der Waals surface area contributed by atoms with Crippen LogP contribution in [0, 0.1) is 0 Å². The van der Waals surface area contributed by atoms with Gasteiger partial charge in [-0.15, -0.1) is 0 Å². The number of hydrogen-bond donors (Lipinski definition) is 3. The minimum absolute atomic E-state index is 0.252. The average Bonchev–Trinajstić information content (AvgIpc) is 2.86. The summed E-state index contributed by atoms with van der Waals surface area (Å²) in [5, 5.41) is 18.9. The Labute approximate surface area is 123 Å². The third-order valence-corrected chi connectivity index (χ3v) is 3.23. The molecule has 6 heteroatoms. The summed E-state index contributed by atoms with van der Waals surface area (Å²) in [6.07, 6.45) is 1.26. The third kappa shape index (κ3) is 3.41. The number of imidazole rings is 1. The van der Waals surface area contributed by atoms with Gasteiger partial charge in [-0.1, -0.05) is 31.5 Å². The predicted molar refractivity (Wildman–Crippen MR) is 78.7 cm³/mol. The fraction of sp³-hybridized carbons (Fsp3) is 0.400. The lowest BCUT2D eigenvalue weighted by molar-refractivity contribution is 0.245. The van der Waals surface area contributed by atoms with Crippen molar-refractivity contribution in [2.75, 3.05) is 0 Å². The van der Waals surface area contributed by atoms with E-state index in [1.807, 2.05) is 37.3 Å². The van der Waals surface area contributed by atoms with Crippen LogP contribution in [-0.2, 0) is 13.2 Å². The van der Waals surface area contributed by atoms with E-state index >= 15 is 0 Å². The highest BCUT2D eigenvalue weighted by molar-refractivity contribution is 5.28. The molecule has 0 spiro atoms. The van der Waals surface area contributed by atoms with Gasteiger partial charge in [0.1, 0.15) is 5.75 Å². The Bertz CT molecular complexity index is 569. The minimum Gasteiger partial charge on any atom is -0.425 e. The minimum atomic E-state index is -0.358. The molecule has 6 nitrogen and oxygen atoms in total. The van der Waals surface area contributed by atoms with Crippen molar-refractivity contribution in [1.82, 2.24) is 9.55 Å². The fourth-order valence-electron chi connectivity index (χ4n) is 2.22. The molecule has 0 radical (unpaired) electrons. The summed E-state index contributed by atoms with van der Waals surface area (Å²) in [6.45, 7) is 1.51. The maximum atomic E-state index is 9.54. The number of aromatic nitrogens is 2. The zero-order chi connectivity index (χ0) is 15.2. The maximum Gasteiger partial charge on any atom is 0.303 e. The molecule has 0 aliphatic rings. The fourth-order valence-corrected chi connectivity index (χ4v) is 2.22. The first-order valence-corrected chi connectivity index (χ1v) is 7.01. The van der Waals surface area contributed by atoms with Crippen LogP contribution in [0.1, 0.15) is 37.3 Å². The third-order valence-electron chi connectivity index (χ3n) is 3.23. The van der Waals surface area contributed by atoms with Crippen LogP contribution < -0.4 is 10.5 Å². The van der Waals surface area contributed by atoms with Crippen LogP contribution in [0.4, 0.5) is 0 Å². The molecule has 0 amide bonds. The van der Waals surface area contributed by atoms with Crippen molar-refractivity contribution in [3.05, 3.63) is 41.7 Å². The second kappa shape index (κ2) is 7.21. The van der Waals surface area contributed by atoms with Crippen LogP contribution in [0.15, 0.2) is 30.3 Å². The molecule has 0 aliphatic carbocycles. The van der Waals surface area contributed by atoms with Gasteiger partial charge in [-0.3, -0.25) is 4.57 Å². The normalized spacial score (nSPS) is 12.4. The second-order valence-corrected chi connectivity index (χ2v) is 4.75. The number of aliphatic hydroxyl groups is 2. The highest BCUT2D eigenvalue weighted by Crippen LogP contribution is 2.28. The van der Waals surface area contributed by atoms with E-state index in [1.54, 1.807) is 4.57 Å². The monoisotopic (exact) mass is 291 g/mol. The maximum absolute atomic E-state index is 9.54. The molecule has 114 valence electrons. The van der Waals surface area contributed by atoms with Gasteiger partial charge in [0.2, 0.25) is 0 Å². The SMILES string of the molecule is CCCC(N)n1c(Oc2ccccc2)nc(CO)c1CO. The summed E-state index contributed by atoms with van der Waals surface area (Å²) >= 11 is 0. The first-order chi connectivity index (χ1) is 10.2. The van der Waals surface area contributed by atoms with E-state index in [0.717, 1.165) is 12.8 Å². The molecule has 4 N–H and O–H groups in total. The lowest BCUT2D eigenvalue weighted by Crippen LogP contribution is -2.21. The van der Waals surface area contributed by atoms with Gasteiger partial charge >= 0.3 is 6.01 Å². The molecule has 1 unspecified atom stereocenters. The smallest absolute Gasteiger partial charge is 0.303 e. The summed E-state index contributed by atoms with van der Waals surface area (Å²) in [5.41, 5.74) is 7.03. The summed E-state index contributed by atoms with van der Waals surface area (Å²) in [5.74, 6) is 0.626. The van der Waals surface area contributed by atoms with Crippen LogP contribution in [0.25, 0.3) is 0 Å². The number of nitrogens with two attached hydrogens (primary N) is 1. The van der Waals surface area contributed by atoms with Crippen molar-refractivity contribution in [2.24, 2.45) is 5.73 Å². The van der Waals surface area contributed by atoms with Crippen molar-refractivity contribution in [1.29, 1.82) is 0 Å². The molecule has 1 atom stereocenters. The molecular weight excluding hydrogens is 270 g/mol. The lowest BCUT2D eigenvalue weighted by atomic mass is 10.2. The van der Waals surface area contributed by atoms with Crippen LogP contribution in [0.3, 0.4) is 0 Å². The predicted octanol–water partition coefficient (Wildman–Crippen LogP) is 1.92. The van der Waals surface area contributed by atoms with Gasteiger partial charge in [0.25, 0.3) is 0 Å². The highest BCUT2D eigenvalue weighted by atomic mass is 16.5. The van der Waals surface area contributed by atoms with Crippen molar-refractivity contribution >= 4 is 0 Å². The molecule has 2 aromatic rings. The van der Waals surface area contributed by atoms with E-state index in [4.69, 9.17) is 10.5 Å². The van der Waals surface area contributed by atoms with Crippen LogP contribution >= 0.6 is 0 Å². The summed E-state index contributed by atoms with van der Waals surface area (Å²) in [6, 6.07) is 9.50. The van der Waals surface area contributed by atoms with Crippen LogP contribution in [-0.4, -0.2) is 19.8 Å². The number of nitrogens with zero attached hydrogens (tertiary/aromatic N) is 2. The number of hydrogen-bond acceptors (Lipinski definition) is 5. The summed E-state index contributed by atoms with van der Waals surface area (Å²) < 4.78 is 7.41.